The summed E-state index contributed by atoms with van der Waals surface area (Å²) < 4.78 is 2.15. The summed E-state index contributed by atoms with van der Waals surface area (Å²) in [5, 5.41) is 18.0. The zero-order valence-electron chi connectivity index (χ0n) is 12.5. The number of thioether (sulfide) groups is 2. The van der Waals surface area contributed by atoms with Crippen LogP contribution in [0.1, 0.15) is 50.3 Å². The molecule has 1 N–H and O–H groups in total. The largest absolute Gasteiger partial charge is 0.481 e. The molecule has 7 heteroatoms. The maximum absolute atomic E-state index is 10.7. The second kappa shape index (κ2) is 8.68. The van der Waals surface area contributed by atoms with Crippen molar-refractivity contribution in [3.05, 3.63) is 5.82 Å². The van der Waals surface area contributed by atoms with E-state index in [0.29, 0.717) is 5.92 Å². The average molecular weight is 329 g/mol. The van der Waals surface area contributed by atoms with Gasteiger partial charge in [-0.1, -0.05) is 24.6 Å². The summed E-state index contributed by atoms with van der Waals surface area (Å²) in [4.78, 5) is 10.7. The van der Waals surface area contributed by atoms with Crippen molar-refractivity contribution in [3.63, 3.8) is 0 Å². The van der Waals surface area contributed by atoms with E-state index in [0.717, 1.165) is 23.9 Å². The molecule has 1 aromatic heterocycles. The summed E-state index contributed by atoms with van der Waals surface area (Å²) in [6, 6.07) is 0. The number of carboxylic acids is 1. The number of carbonyl (C=O) groups is 1. The molecule has 0 saturated heterocycles. The molecule has 1 saturated carbocycles. The molecule has 2 rings (SSSR count). The van der Waals surface area contributed by atoms with Crippen molar-refractivity contribution >= 4 is 29.5 Å². The highest BCUT2D eigenvalue weighted by Gasteiger charge is 2.30. The van der Waals surface area contributed by atoms with Gasteiger partial charge in [-0.2, -0.15) is 11.8 Å². The highest BCUT2D eigenvalue weighted by atomic mass is 32.2. The second-order valence-electron chi connectivity index (χ2n) is 5.36. The van der Waals surface area contributed by atoms with Crippen LogP contribution < -0.4 is 0 Å². The minimum atomic E-state index is -0.806. The lowest BCUT2D eigenvalue weighted by Crippen LogP contribution is -2.06. The molecule has 1 aromatic rings. The van der Waals surface area contributed by atoms with Crippen LogP contribution in [0.25, 0.3) is 0 Å². The second-order valence-corrected chi connectivity index (χ2v) is 7.28. The van der Waals surface area contributed by atoms with Gasteiger partial charge in [0.15, 0.2) is 5.16 Å². The van der Waals surface area contributed by atoms with E-state index in [4.69, 9.17) is 5.11 Å². The van der Waals surface area contributed by atoms with Crippen molar-refractivity contribution in [1.82, 2.24) is 14.8 Å². The third kappa shape index (κ3) is 5.54. The molecule has 0 bridgehead atoms. The maximum Gasteiger partial charge on any atom is 0.313 e. The smallest absolute Gasteiger partial charge is 0.313 e. The molecule has 0 atom stereocenters. The minimum Gasteiger partial charge on any atom is -0.481 e. The number of aliphatic carboxylic acids is 1. The van der Waals surface area contributed by atoms with Gasteiger partial charge in [-0.15, -0.1) is 10.2 Å². The molecule has 0 amide bonds. The molecule has 0 aliphatic heterocycles. The molecule has 1 fully saturated rings. The molecule has 1 aliphatic rings. The Morgan fingerprint density at radius 3 is 2.71 bits per heavy atom. The third-order valence-corrected chi connectivity index (χ3v) is 5.14. The van der Waals surface area contributed by atoms with E-state index in [1.165, 1.54) is 49.6 Å². The van der Waals surface area contributed by atoms with E-state index >= 15 is 0 Å². The van der Waals surface area contributed by atoms with Crippen LogP contribution in [-0.4, -0.2) is 43.6 Å². The number of hydrogen-bond acceptors (Lipinski definition) is 5. The average Bonchev–Trinajstić information content (AvgIpc) is 3.22. The van der Waals surface area contributed by atoms with Crippen LogP contribution in [-0.2, 0) is 11.3 Å². The molecule has 118 valence electrons. The Kier molecular flexibility index (Phi) is 6.89. The van der Waals surface area contributed by atoms with E-state index < -0.39 is 5.97 Å². The fourth-order valence-electron chi connectivity index (χ4n) is 2.26. The van der Waals surface area contributed by atoms with Gasteiger partial charge in [0.1, 0.15) is 5.82 Å². The predicted octanol–water partition coefficient (Wildman–Crippen LogP) is 3.26. The van der Waals surface area contributed by atoms with Gasteiger partial charge in [-0.3, -0.25) is 4.79 Å². The highest BCUT2D eigenvalue weighted by Crippen LogP contribution is 2.40. The van der Waals surface area contributed by atoms with Crippen LogP contribution in [0.15, 0.2) is 5.16 Å². The molecular formula is C14H23N3O2S2. The van der Waals surface area contributed by atoms with Crippen molar-refractivity contribution in [2.24, 2.45) is 0 Å². The van der Waals surface area contributed by atoms with Gasteiger partial charge in [0.05, 0.1) is 5.75 Å². The first-order valence-electron chi connectivity index (χ1n) is 7.49. The van der Waals surface area contributed by atoms with E-state index in [1.54, 1.807) is 0 Å². The van der Waals surface area contributed by atoms with E-state index in [-0.39, 0.29) is 5.75 Å². The lowest BCUT2D eigenvalue weighted by molar-refractivity contribution is -0.133. The van der Waals surface area contributed by atoms with Crippen LogP contribution >= 0.6 is 23.5 Å². The Balaban J connectivity index is 1.85. The summed E-state index contributed by atoms with van der Waals surface area (Å²) >= 11 is 3.18. The van der Waals surface area contributed by atoms with E-state index in [2.05, 4.69) is 21.0 Å². The summed E-state index contributed by atoms with van der Waals surface area (Å²) in [7, 11) is 0. The van der Waals surface area contributed by atoms with Crippen LogP contribution in [0.3, 0.4) is 0 Å². The number of unbranched alkanes of at least 4 members (excludes halogenated alkanes) is 3. The molecule has 0 aromatic carbocycles. The fraction of sp³-hybridized carbons (Fsp3) is 0.786. The Morgan fingerprint density at radius 1 is 1.29 bits per heavy atom. The lowest BCUT2D eigenvalue weighted by Gasteiger charge is -2.09. The molecular weight excluding hydrogens is 306 g/mol. The van der Waals surface area contributed by atoms with Gasteiger partial charge >= 0.3 is 5.97 Å². The third-order valence-electron chi connectivity index (χ3n) is 3.49. The topological polar surface area (TPSA) is 68.0 Å². The summed E-state index contributed by atoms with van der Waals surface area (Å²) in [5.74, 6) is 2.09. The molecule has 0 radical (unpaired) electrons. The van der Waals surface area contributed by atoms with Crippen molar-refractivity contribution in [1.29, 1.82) is 0 Å². The first-order chi connectivity index (χ1) is 10.2. The summed E-state index contributed by atoms with van der Waals surface area (Å²) in [5.41, 5.74) is 0. The van der Waals surface area contributed by atoms with Crippen molar-refractivity contribution < 1.29 is 9.90 Å². The first kappa shape index (κ1) is 16.7. The number of nitrogens with zero attached hydrogens (tertiary/aromatic N) is 3. The zero-order valence-corrected chi connectivity index (χ0v) is 14.1. The van der Waals surface area contributed by atoms with Crippen LogP contribution in [0.5, 0.6) is 0 Å². The first-order valence-corrected chi connectivity index (χ1v) is 9.87. The normalized spacial score (nSPS) is 14.5. The monoisotopic (exact) mass is 329 g/mol. The molecule has 0 spiro atoms. The Hall–Kier alpha value is -0.690. The van der Waals surface area contributed by atoms with Gasteiger partial charge in [0.25, 0.3) is 0 Å². The molecule has 0 unspecified atom stereocenters. The van der Waals surface area contributed by atoms with Gasteiger partial charge in [0.2, 0.25) is 0 Å². The fourth-order valence-corrected chi connectivity index (χ4v) is 3.44. The SMILES string of the molecule is CSCCCCCCn1c(SCC(=O)O)nnc1C1CC1. The van der Waals surface area contributed by atoms with Crippen molar-refractivity contribution in [3.8, 4) is 0 Å². The summed E-state index contributed by atoms with van der Waals surface area (Å²) in [6.45, 7) is 0.917. The quantitative estimate of drug-likeness (QED) is 0.496. The van der Waals surface area contributed by atoms with Gasteiger partial charge in [-0.25, -0.2) is 0 Å². The summed E-state index contributed by atoms with van der Waals surface area (Å²) in [6.07, 6.45) is 9.40. The number of aromatic nitrogens is 3. The van der Waals surface area contributed by atoms with E-state index in [9.17, 15) is 4.79 Å². The van der Waals surface area contributed by atoms with Crippen LogP contribution in [0.4, 0.5) is 0 Å². The Morgan fingerprint density at radius 2 is 2.05 bits per heavy atom. The minimum absolute atomic E-state index is 0.0521. The highest BCUT2D eigenvalue weighted by molar-refractivity contribution is 7.99. The molecule has 21 heavy (non-hydrogen) atoms. The molecule has 1 aliphatic carbocycles. The van der Waals surface area contributed by atoms with Crippen molar-refractivity contribution in [2.75, 3.05) is 17.8 Å². The lowest BCUT2D eigenvalue weighted by atomic mass is 10.2. The number of hydrogen-bond donors (Lipinski definition) is 1. The van der Waals surface area contributed by atoms with Crippen LogP contribution in [0, 0.1) is 0 Å². The molecule has 5 nitrogen and oxygen atoms in total. The van der Waals surface area contributed by atoms with Gasteiger partial charge in [0, 0.05) is 12.5 Å². The van der Waals surface area contributed by atoms with E-state index in [1.807, 2.05) is 11.8 Å². The standard InChI is InChI=1S/C14H23N3O2S2/c1-20-9-5-3-2-4-8-17-13(11-6-7-11)15-16-14(17)21-10-12(18)19/h11H,2-10H2,1H3,(H,18,19). The molecule has 1 heterocycles. The number of rotatable bonds is 11. The van der Waals surface area contributed by atoms with Gasteiger partial charge in [-0.05, 0) is 37.7 Å². The maximum atomic E-state index is 10.7. The van der Waals surface area contributed by atoms with Crippen molar-refractivity contribution in [2.45, 2.75) is 56.1 Å². The predicted molar refractivity (Wildman–Crippen MR) is 87.2 cm³/mol. The van der Waals surface area contributed by atoms with Crippen LogP contribution in [0.2, 0.25) is 0 Å². The van der Waals surface area contributed by atoms with Gasteiger partial charge < -0.3 is 9.67 Å². The Labute approximate surface area is 134 Å². The zero-order chi connectivity index (χ0) is 15.1. The number of carboxylic acid groups (broad SMARTS) is 1. The Bertz CT molecular complexity index is 461.